The second-order valence-electron chi connectivity index (χ2n) is 4.13. The lowest BCUT2D eigenvalue weighted by Crippen LogP contribution is -2.41. The minimum Gasteiger partial charge on any atom is -0.272 e. The zero-order valence-electron chi connectivity index (χ0n) is 8.16. The first-order valence-corrected chi connectivity index (χ1v) is 5.24. The molecule has 3 heteroatoms. The van der Waals surface area contributed by atoms with Crippen molar-refractivity contribution in [2.24, 2.45) is 5.92 Å². The number of nitrogens with zero attached hydrogens (tertiary/aromatic N) is 1. The maximum Gasteiger partial charge on any atom is 0.248 e. The monoisotopic (exact) mass is 183 g/mol. The molecular formula is C10H17NO2. The number of carbonyl (C=O) groups excluding carboxylic acids is 1. The second kappa shape index (κ2) is 3.66. The third-order valence-electron chi connectivity index (χ3n) is 3.16. The first kappa shape index (κ1) is 9.00. The third-order valence-corrected chi connectivity index (χ3v) is 3.16. The maximum absolute atomic E-state index is 11.4. The number of amides is 1. The highest BCUT2D eigenvalue weighted by molar-refractivity contribution is 5.76. The van der Waals surface area contributed by atoms with Crippen molar-refractivity contribution in [2.75, 3.05) is 6.61 Å². The van der Waals surface area contributed by atoms with Gasteiger partial charge >= 0.3 is 0 Å². The van der Waals surface area contributed by atoms with Gasteiger partial charge in [-0.25, -0.2) is 5.06 Å². The molecule has 74 valence electrons. The zero-order valence-corrected chi connectivity index (χ0v) is 8.16. The van der Waals surface area contributed by atoms with Gasteiger partial charge in [-0.05, 0) is 18.8 Å². The Bertz CT molecular complexity index is 205. The molecule has 0 spiro atoms. The molecule has 1 aliphatic heterocycles. The highest BCUT2D eigenvalue weighted by Gasteiger charge is 2.34. The first-order chi connectivity index (χ1) is 6.29. The minimum absolute atomic E-state index is 0.179. The van der Waals surface area contributed by atoms with Crippen LogP contribution in [0.15, 0.2) is 0 Å². The molecule has 3 nitrogen and oxygen atoms in total. The van der Waals surface area contributed by atoms with Crippen LogP contribution in [0.1, 0.15) is 39.0 Å². The van der Waals surface area contributed by atoms with E-state index in [1.807, 2.05) is 0 Å². The summed E-state index contributed by atoms with van der Waals surface area (Å²) in [6, 6.07) is 0.351. The Morgan fingerprint density at radius 3 is 2.77 bits per heavy atom. The summed E-state index contributed by atoms with van der Waals surface area (Å²) >= 11 is 0. The van der Waals surface area contributed by atoms with Crippen LogP contribution in [-0.2, 0) is 9.63 Å². The van der Waals surface area contributed by atoms with Gasteiger partial charge in [-0.1, -0.05) is 19.8 Å². The number of carbonyl (C=O) groups is 1. The molecule has 0 aromatic heterocycles. The smallest absolute Gasteiger partial charge is 0.248 e. The van der Waals surface area contributed by atoms with E-state index in [1.165, 1.54) is 19.3 Å². The fourth-order valence-electron chi connectivity index (χ4n) is 2.34. The Balaban J connectivity index is 2.01. The summed E-state index contributed by atoms with van der Waals surface area (Å²) in [6.07, 6.45) is 5.47. The highest BCUT2D eigenvalue weighted by Crippen LogP contribution is 2.30. The van der Waals surface area contributed by atoms with Crippen molar-refractivity contribution in [2.45, 2.75) is 45.1 Å². The first-order valence-electron chi connectivity index (χ1n) is 5.24. The largest absolute Gasteiger partial charge is 0.272 e. The van der Waals surface area contributed by atoms with Crippen LogP contribution in [0.4, 0.5) is 0 Å². The molecule has 0 radical (unpaired) electrons. The van der Waals surface area contributed by atoms with Crippen LogP contribution in [0.5, 0.6) is 0 Å². The summed E-state index contributed by atoms with van der Waals surface area (Å²) in [4.78, 5) is 16.8. The zero-order chi connectivity index (χ0) is 9.26. The van der Waals surface area contributed by atoms with E-state index in [1.54, 1.807) is 5.06 Å². The van der Waals surface area contributed by atoms with Gasteiger partial charge in [0.15, 0.2) is 0 Å². The van der Waals surface area contributed by atoms with E-state index in [0.29, 0.717) is 25.0 Å². The average Bonchev–Trinajstić information content (AvgIpc) is 2.52. The minimum atomic E-state index is 0.179. The molecule has 0 aromatic rings. The van der Waals surface area contributed by atoms with Gasteiger partial charge in [-0.15, -0.1) is 0 Å². The second-order valence-corrected chi connectivity index (χ2v) is 4.13. The summed E-state index contributed by atoms with van der Waals surface area (Å²) < 4.78 is 0. The van der Waals surface area contributed by atoms with Gasteiger partial charge in [0.2, 0.25) is 5.91 Å². The van der Waals surface area contributed by atoms with Crippen LogP contribution >= 0.6 is 0 Å². The standard InChI is InChI=1S/C10H17NO2/c1-8-4-2-3-5-9(8)11-10(12)6-7-13-11/h8-9H,2-7H2,1H3. The maximum atomic E-state index is 11.4. The molecule has 1 saturated heterocycles. The van der Waals surface area contributed by atoms with Crippen LogP contribution in [0.2, 0.25) is 0 Å². The lowest BCUT2D eigenvalue weighted by atomic mass is 9.86. The predicted octanol–water partition coefficient (Wildman–Crippen LogP) is 1.73. The van der Waals surface area contributed by atoms with Crippen LogP contribution in [0.25, 0.3) is 0 Å². The van der Waals surface area contributed by atoms with Gasteiger partial charge in [0.25, 0.3) is 0 Å². The molecule has 2 fully saturated rings. The molecule has 1 amide bonds. The van der Waals surface area contributed by atoms with Crippen molar-refractivity contribution in [3.63, 3.8) is 0 Å². The topological polar surface area (TPSA) is 29.5 Å². The van der Waals surface area contributed by atoms with Crippen molar-refractivity contribution >= 4 is 5.91 Å². The van der Waals surface area contributed by atoms with E-state index in [4.69, 9.17) is 4.84 Å². The fraction of sp³-hybridized carbons (Fsp3) is 0.900. The SMILES string of the molecule is CC1CCCCC1N1OCCC1=O. The van der Waals surface area contributed by atoms with Crippen LogP contribution in [-0.4, -0.2) is 23.6 Å². The normalized spacial score (nSPS) is 35.5. The van der Waals surface area contributed by atoms with Gasteiger partial charge in [0.05, 0.1) is 19.1 Å². The number of rotatable bonds is 1. The Morgan fingerprint density at radius 2 is 2.15 bits per heavy atom. The van der Waals surface area contributed by atoms with E-state index in [2.05, 4.69) is 6.92 Å². The van der Waals surface area contributed by atoms with Gasteiger partial charge in [0, 0.05) is 0 Å². The molecule has 0 aromatic carbocycles. The molecule has 1 aliphatic carbocycles. The summed E-state index contributed by atoms with van der Waals surface area (Å²) in [7, 11) is 0. The van der Waals surface area contributed by atoms with Crippen molar-refractivity contribution < 1.29 is 9.63 Å². The summed E-state index contributed by atoms with van der Waals surface area (Å²) in [5.41, 5.74) is 0. The number of hydrogen-bond donors (Lipinski definition) is 0. The summed E-state index contributed by atoms with van der Waals surface area (Å²) in [5.74, 6) is 0.787. The molecule has 2 rings (SSSR count). The van der Waals surface area contributed by atoms with E-state index in [0.717, 1.165) is 6.42 Å². The number of hydroxylamine groups is 2. The average molecular weight is 183 g/mol. The molecule has 2 atom stereocenters. The van der Waals surface area contributed by atoms with E-state index in [9.17, 15) is 4.79 Å². The molecule has 1 heterocycles. The Labute approximate surface area is 79.0 Å². The molecule has 2 aliphatic rings. The molecule has 2 unspecified atom stereocenters. The van der Waals surface area contributed by atoms with E-state index in [-0.39, 0.29) is 5.91 Å². The molecule has 0 bridgehead atoms. The number of hydrogen-bond acceptors (Lipinski definition) is 2. The highest BCUT2D eigenvalue weighted by atomic mass is 16.7. The van der Waals surface area contributed by atoms with Crippen molar-refractivity contribution in [3.05, 3.63) is 0 Å². The van der Waals surface area contributed by atoms with E-state index < -0.39 is 0 Å². The van der Waals surface area contributed by atoms with Gasteiger partial charge in [-0.2, -0.15) is 0 Å². The molecular weight excluding hydrogens is 166 g/mol. The van der Waals surface area contributed by atoms with Crippen molar-refractivity contribution in [1.29, 1.82) is 0 Å². The molecule has 13 heavy (non-hydrogen) atoms. The lowest BCUT2D eigenvalue weighted by molar-refractivity contribution is -0.182. The molecule has 0 N–H and O–H groups in total. The quantitative estimate of drug-likeness (QED) is 0.619. The van der Waals surface area contributed by atoms with Crippen molar-refractivity contribution in [3.8, 4) is 0 Å². The summed E-state index contributed by atoms with van der Waals surface area (Å²) in [5, 5.41) is 1.64. The lowest BCUT2D eigenvalue weighted by Gasteiger charge is -2.34. The Kier molecular flexibility index (Phi) is 2.54. The summed E-state index contributed by atoms with van der Waals surface area (Å²) in [6.45, 7) is 2.81. The fourth-order valence-corrected chi connectivity index (χ4v) is 2.34. The van der Waals surface area contributed by atoms with Crippen molar-refractivity contribution in [1.82, 2.24) is 5.06 Å². The van der Waals surface area contributed by atoms with Crippen LogP contribution < -0.4 is 0 Å². The van der Waals surface area contributed by atoms with Gasteiger partial charge in [-0.3, -0.25) is 9.63 Å². The van der Waals surface area contributed by atoms with Gasteiger partial charge in [0.1, 0.15) is 0 Å². The van der Waals surface area contributed by atoms with E-state index >= 15 is 0 Å². The predicted molar refractivity (Wildman–Crippen MR) is 48.8 cm³/mol. The Morgan fingerprint density at radius 1 is 1.38 bits per heavy atom. The van der Waals surface area contributed by atoms with Crippen LogP contribution in [0, 0.1) is 5.92 Å². The third kappa shape index (κ3) is 1.70. The van der Waals surface area contributed by atoms with Gasteiger partial charge < -0.3 is 0 Å². The van der Waals surface area contributed by atoms with Crippen LogP contribution in [0.3, 0.4) is 0 Å². The Hall–Kier alpha value is -0.570. The molecule has 1 saturated carbocycles.